The summed E-state index contributed by atoms with van der Waals surface area (Å²) >= 11 is 6.30. The van der Waals surface area contributed by atoms with Crippen molar-refractivity contribution < 1.29 is 19.7 Å². The van der Waals surface area contributed by atoms with Crippen LogP contribution in [-0.4, -0.2) is 38.3 Å². The maximum Gasteiger partial charge on any atom is 0.163 e. The molecule has 0 amide bonds. The summed E-state index contributed by atoms with van der Waals surface area (Å²) in [5, 5.41) is 21.1. The van der Waals surface area contributed by atoms with Crippen molar-refractivity contribution in [3.8, 4) is 17.0 Å². The second-order valence-corrected chi connectivity index (χ2v) is 11.0. The highest BCUT2D eigenvalue weighted by atomic mass is 35.5. The molecule has 3 rings (SSSR count). The molecule has 0 saturated heterocycles. The second kappa shape index (κ2) is 11.6. The highest BCUT2D eigenvalue weighted by Crippen LogP contribution is 2.32. The van der Waals surface area contributed by atoms with E-state index < -0.39 is 12.0 Å². The third kappa shape index (κ3) is 6.75. The van der Waals surface area contributed by atoms with Crippen molar-refractivity contribution in [2.24, 2.45) is 13.0 Å². The molecule has 36 heavy (non-hydrogen) atoms. The van der Waals surface area contributed by atoms with Gasteiger partial charge in [-0.05, 0) is 49.9 Å². The number of nitrogens with zero attached hydrogens (tertiary/aromatic N) is 2. The van der Waals surface area contributed by atoms with E-state index in [4.69, 9.17) is 21.3 Å². The van der Waals surface area contributed by atoms with Gasteiger partial charge in [-0.25, -0.2) is 4.98 Å². The smallest absolute Gasteiger partial charge is 0.163 e. The summed E-state index contributed by atoms with van der Waals surface area (Å²) in [7, 11) is 1.99. The molecule has 0 radical (unpaired) electrons. The highest BCUT2D eigenvalue weighted by Gasteiger charge is 2.25. The van der Waals surface area contributed by atoms with E-state index >= 15 is 0 Å². The van der Waals surface area contributed by atoms with Crippen LogP contribution in [0.3, 0.4) is 0 Å². The molecule has 1 heterocycles. The number of imidazole rings is 1. The molecule has 1 aromatic heterocycles. The SMILES string of the molecule is CC(C)Oc1ccc(C(=O)CC(CCO)C(O)c2ccc(-c3cn(C)c(C(C)(C)C)n3)cc2)cc1Cl. The maximum absolute atomic E-state index is 13.0. The standard InChI is InChI=1S/C29H37ClN2O4/c1-18(2)36-26-12-11-21(15-23(26)30)25(34)16-22(13-14-33)27(35)20-9-7-19(8-10-20)24-17-32(6)28(31-24)29(3,4)5/h7-12,15,17-18,22,27,33,35H,13-14,16H2,1-6H3. The summed E-state index contributed by atoms with van der Waals surface area (Å²) in [5.41, 5.74) is 2.89. The van der Waals surface area contributed by atoms with Crippen LogP contribution >= 0.6 is 11.6 Å². The number of benzene rings is 2. The summed E-state index contributed by atoms with van der Waals surface area (Å²) in [5.74, 6) is 0.927. The summed E-state index contributed by atoms with van der Waals surface area (Å²) in [6.45, 7) is 10.1. The molecular formula is C29H37ClN2O4. The minimum atomic E-state index is -0.900. The Balaban J connectivity index is 1.75. The lowest BCUT2D eigenvalue weighted by atomic mass is 9.87. The number of ether oxygens (including phenoxy) is 1. The van der Waals surface area contributed by atoms with Crippen molar-refractivity contribution >= 4 is 17.4 Å². The van der Waals surface area contributed by atoms with E-state index in [-0.39, 0.29) is 30.3 Å². The molecule has 2 aromatic carbocycles. The molecule has 0 aliphatic rings. The van der Waals surface area contributed by atoms with Gasteiger partial charge >= 0.3 is 0 Å². The molecule has 2 N–H and O–H groups in total. The first-order valence-corrected chi connectivity index (χ1v) is 12.7. The lowest BCUT2D eigenvalue weighted by molar-refractivity contribution is 0.0704. The quantitative estimate of drug-likeness (QED) is 0.319. The lowest BCUT2D eigenvalue weighted by Crippen LogP contribution is -2.18. The van der Waals surface area contributed by atoms with Gasteiger partial charge in [0.05, 0.1) is 22.9 Å². The molecule has 0 saturated carbocycles. The molecule has 2 unspecified atom stereocenters. The number of halogens is 1. The number of Topliss-reactive ketones (excluding diaryl/α,β-unsaturated/α-hetero) is 1. The maximum atomic E-state index is 13.0. The van der Waals surface area contributed by atoms with Crippen molar-refractivity contribution in [3.05, 3.63) is 70.6 Å². The first-order valence-electron chi connectivity index (χ1n) is 12.3. The number of aromatic nitrogens is 2. The predicted octanol–water partition coefficient (Wildman–Crippen LogP) is 6.13. The van der Waals surface area contributed by atoms with E-state index in [0.29, 0.717) is 28.3 Å². The average molecular weight is 513 g/mol. The summed E-state index contributed by atoms with van der Waals surface area (Å²) in [4.78, 5) is 17.8. The summed E-state index contributed by atoms with van der Waals surface area (Å²) in [6.07, 6.45) is 1.45. The molecule has 0 spiro atoms. The number of rotatable bonds is 10. The van der Waals surface area contributed by atoms with Crippen LogP contribution in [0, 0.1) is 5.92 Å². The molecule has 2 atom stereocenters. The van der Waals surface area contributed by atoms with Crippen LogP contribution in [0.15, 0.2) is 48.7 Å². The predicted molar refractivity (Wildman–Crippen MR) is 144 cm³/mol. The Morgan fingerprint density at radius 3 is 2.33 bits per heavy atom. The third-order valence-electron chi connectivity index (χ3n) is 6.11. The van der Waals surface area contributed by atoms with Crippen molar-refractivity contribution in [2.75, 3.05) is 6.61 Å². The van der Waals surface area contributed by atoms with Crippen LogP contribution in [0.4, 0.5) is 0 Å². The number of hydrogen-bond acceptors (Lipinski definition) is 5. The van der Waals surface area contributed by atoms with Gasteiger partial charge in [0.15, 0.2) is 5.78 Å². The van der Waals surface area contributed by atoms with Crippen molar-refractivity contribution in [2.45, 2.75) is 65.1 Å². The number of hydrogen-bond donors (Lipinski definition) is 2. The lowest BCUT2D eigenvalue weighted by Gasteiger charge is -2.22. The molecule has 3 aromatic rings. The Labute approximate surface area is 218 Å². The number of carbonyl (C=O) groups excluding carboxylic acids is 1. The minimum Gasteiger partial charge on any atom is -0.489 e. The van der Waals surface area contributed by atoms with Crippen LogP contribution in [-0.2, 0) is 12.5 Å². The van der Waals surface area contributed by atoms with Gasteiger partial charge in [0, 0.05) is 42.8 Å². The Morgan fingerprint density at radius 1 is 1.14 bits per heavy atom. The fourth-order valence-corrected chi connectivity index (χ4v) is 4.57. The molecule has 0 aliphatic carbocycles. The van der Waals surface area contributed by atoms with Gasteiger partial charge in [0.2, 0.25) is 0 Å². The van der Waals surface area contributed by atoms with E-state index in [1.54, 1.807) is 18.2 Å². The zero-order chi connectivity index (χ0) is 26.6. The molecule has 0 bridgehead atoms. The van der Waals surface area contributed by atoms with Crippen molar-refractivity contribution in [3.63, 3.8) is 0 Å². The van der Waals surface area contributed by atoms with E-state index in [2.05, 4.69) is 20.8 Å². The molecule has 194 valence electrons. The van der Waals surface area contributed by atoms with Gasteiger partial charge in [-0.3, -0.25) is 4.79 Å². The minimum absolute atomic E-state index is 0.0299. The molecule has 0 aliphatic heterocycles. The Hall–Kier alpha value is -2.67. The van der Waals surface area contributed by atoms with E-state index in [0.717, 1.165) is 17.1 Å². The molecule has 7 heteroatoms. The Morgan fingerprint density at radius 2 is 1.81 bits per heavy atom. The van der Waals surface area contributed by atoms with Gasteiger partial charge < -0.3 is 19.5 Å². The first-order chi connectivity index (χ1) is 16.9. The fraction of sp³-hybridized carbons (Fsp3) is 0.448. The monoisotopic (exact) mass is 512 g/mol. The van der Waals surface area contributed by atoms with Crippen LogP contribution < -0.4 is 4.74 Å². The van der Waals surface area contributed by atoms with Crippen LogP contribution in [0.1, 0.15) is 75.3 Å². The Kier molecular flexibility index (Phi) is 8.98. The van der Waals surface area contributed by atoms with Crippen molar-refractivity contribution in [1.29, 1.82) is 0 Å². The van der Waals surface area contributed by atoms with Crippen LogP contribution in [0.5, 0.6) is 5.75 Å². The molecular weight excluding hydrogens is 476 g/mol. The first kappa shape index (κ1) is 27.9. The van der Waals surface area contributed by atoms with Gasteiger partial charge in [-0.1, -0.05) is 56.6 Å². The van der Waals surface area contributed by atoms with Gasteiger partial charge in [-0.15, -0.1) is 0 Å². The summed E-state index contributed by atoms with van der Waals surface area (Å²) in [6, 6.07) is 12.5. The van der Waals surface area contributed by atoms with Gasteiger partial charge in [0.1, 0.15) is 11.6 Å². The van der Waals surface area contributed by atoms with Crippen molar-refractivity contribution in [1.82, 2.24) is 9.55 Å². The van der Waals surface area contributed by atoms with Crippen LogP contribution in [0.25, 0.3) is 11.3 Å². The van der Waals surface area contributed by atoms with Gasteiger partial charge in [-0.2, -0.15) is 0 Å². The number of carbonyl (C=O) groups is 1. The third-order valence-corrected chi connectivity index (χ3v) is 6.40. The largest absolute Gasteiger partial charge is 0.489 e. The summed E-state index contributed by atoms with van der Waals surface area (Å²) < 4.78 is 7.68. The van der Waals surface area contributed by atoms with Crippen LogP contribution in [0.2, 0.25) is 5.02 Å². The second-order valence-electron chi connectivity index (χ2n) is 10.6. The zero-order valence-electron chi connectivity index (χ0n) is 22.0. The number of aliphatic hydroxyl groups is 2. The van der Waals surface area contributed by atoms with Gasteiger partial charge in [0.25, 0.3) is 0 Å². The van der Waals surface area contributed by atoms with E-state index in [9.17, 15) is 15.0 Å². The zero-order valence-corrected chi connectivity index (χ0v) is 22.7. The topological polar surface area (TPSA) is 84.6 Å². The highest BCUT2D eigenvalue weighted by molar-refractivity contribution is 6.32. The number of aliphatic hydroxyl groups excluding tert-OH is 2. The normalized spacial score (nSPS) is 13.6. The Bertz CT molecular complexity index is 1180. The van der Waals surface area contributed by atoms with E-state index in [1.807, 2.05) is 55.9 Å². The molecule has 0 fully saturated rings. The fourth-order valence-electron chi connectivity index (χ4n) is 4.34. The van der Waals surface area contributed by atoms with E-state index in [1.165, 1.54) is 0 Å². The average Bonchev–Trinajstić information content (AvgIpc) is 3.21. The number of ketones is 1. The molecule has 6 nitrogen and oxygen atoms in total. The number of aryl methyl sites for hydroxylation is 1.